The lowest BCUT2D eigenvalue weighted by molar-refractivity contribution is 0.107. The van der Waals surface area contributed by atoms with E-state index in [4.69, 9.17) is 18.8 Å². The van der Waals surface area contributed by atoms with Crippen molar-refractivity contribution in [3.63, 3.8) is 0 Å². The van der Waals surface area contributed by atoms with E-state index in [0.717, 1.165) is 16.7 Å². The summed E-state index contributed by atoms with van der Waals surface area (Å²) < 4.78 is 16.5. The van der Waals surface area contributed by atoms with E-state index >= 15 is 0 Å². The molecule has 0 unspecified atom stereocenters. The molecule has 0 radical (unpaired) electrons. The molecule has 0 aliphatic carbocycles. The van der Waals surface area contributed by atoms with E-state index in [9.17, 15) is 0 Å². The maximum absolute atomic E-state index is 5.86. The second kappa shape index (κ2) is 10.1. The lowest BCUT2D eigenvalue weighted by Gasteiger charge is -2.11. The van der Waals surface area contributed by atoms with Crippen molar-refractivity contribution in [1.29, 1.82) is 0 Å². The van der Waals surface area contributed by atoms with Gasteiger partial charge in [0.25, 0.3) is 5.89 Å². The predicted molar refractivity (Wildman–Crippen MR) is 116 cm³/mol. The van der Waals surface area contributed by atoms with Gasteiger partial charge in [-0.2, -0.15) is 4.98 Å². The van der Waals surface area contributed by atoms with Crippen LogP contribution in [0.3, 0.4) is 0 Å². The topological polar surface area (TPSA) is 79.0 Å². The number of nitrogens with zero attached hydrogens (tertiary/aromatic N) is 3. The highest BCUT2D eigenvalue weighted by Crippen LogP contribution is 2.28. The summed E-state index contributed by atoms with van der Waals surface area (Å²) in [5.41, 5.74) is 2.77. The Morgan fingerprint density at radius 3 is 2.45 bits per heavy atom. The molecule has 0 saturated carbocycles. The van der Waals surface area contributed by atoms with Gasteiger partial charge in [0, 0.05) is 11.1 Å². The molecule has 31 heavy (non-hydrogen) atoms. The number of aromatic nitrogens is 2. The van der Waals surface area contributed by atoms with Crippen molar-refractivity contribution in [2.75, 3.05) is 7.11 Å². The summed E-state index contributed by atoms with van der Waals surface area (Å²) in [5, 5.41) is 7.92. The first-order valence-corrected chi connectivity index (χ1v) is 9.70. The van der Waals surface area contributed by atoms with Gasteiger partial charge in [-0.25, -0.2) is 0 Å². The van der Waals surface area contributed by atoms with Crippen molar-refractivity contribution in [2.45, 2.75) is 13.2 Å². The third kappa shape index (κ3) is 5.48. The zero-order valence-corrected chi connectivity index (χ0v) is 17.0. The van der Waals surface area contributed by atoms with E-state index < -0.39 is 0 Å². The molecule has 4 aromatic rings. The zero-order valence-electron chi connectivity index (χ0n) is 17.0. The van der Waals surface area contributed by atoms with Crippen molar-refractivity contribution in [1.82, 2.24) is 10.1 Å². The van der Waals surface area contributed by atoms with Crippen LogP contribution >= 0.6 is 0 Å². The van der Waals surface area contributed by atoms with Crippen LogP contribution in [-0.4, -0.2) is 23.5 Å². The normalized spacial score (nSPS) is 10.9. The Bertz CT molecular complexity index is 1130. The SMILES string of the molecule is COc1cc(/C=N\OCc2nc(-c3ccccc3)no2)ccc1OCc1ccccc1. The van der Waals surface area contributed by atoms with Crippen LogP contribution in [-0.2, 0) is 18.1 Å². The van der Waals surface area contributed by atoms with E-state index in [2.05, 4.69) is 15.3 Å². The second-order valence-electron chi connectivity index (χ2n) is 6.57. The molecule has 156 valence electrons. The molecular weight excluding hydrogens is 394 g/mol. The number of methoxy groups -OCH3 is 1. The van der Waals surface area contributed by atoms with E-state index in [-0.39, 0.29) is 6.61 Å². The first kappa shape index (κ1) is 20.2. The Morgan fingerprint density at radius 2 is 1.68 bits per heavy atom. The van der Waals surface area contributed by atoms with Crippen LogP contribution in [0.1, 0.15) is 17.0 Å². The predicted octanol–water partition coefficient (Wildman–Crippen LogP) is 4.87. The summed E-state index contributed by atoms with van der Waals surface area (Å²) >= 11 is 0. The summed E-state index contributed by atoms with van der Waals surface area (Å²) in [4.78, 5) is 9.58. The highest BCUT2D eigenvalue weighted by molar-refractivity contribution is 5.80. The minimum absolute atomic E-state index is 0.0751. The molecule has 0 spiro atoms. The van der Waals surface area contributed by atoms with Gasteiger partial charge in [-0.05, 0) is 23.8 Å². The van der Waals surface area contributed by atoms with Gasteiger partial charge in [0.2, 0.25) is 5.82 Å². The summed E-state index contributed by atoms with van der Waals surface area (Å²) in [5.74, 6) is 2.13. The van der Waals surface area contributed by atoms with Crippen molar-refractivity contribution in [2.24, 2.45) is 5.16 Å². The van der Waals surface area contributed by atoms with Gasteiger partial charge in [0.1, 0.15) is 6.61 Å². The Kier molecular flexibility index (Phi) is 6.54. The number of ether oxygens (including phenoxy) is 2. The summed E-state index contributed by atoms with van der Waals surface area (Å²) in [6, 6.07) is 25.1. The van der Waals surface area contributed by atoms with E-state index in [1.807, 2.05) is 78.9 Å². The lowest BCUT2D eigenvalue weighted by atomic mass is 10.2. The number of hydrogen-bond acceptors (Lipinski definition) is 7. The van der Waals surface area contributed by atoms with Gasteiger partial charge in [0.05, 0.1) is 13.3 Å². The van der Waals surface area contributed by atoms with E-state index in [1.165, 1.54) is 0 Å². The summed E-state index contributed by atoms with van der Waals surface area (Å²) in [6.45, 7) is 0.536. The van der Waals surface area contributed by atoms with Crippen LogP contribution in [0.4, 0.5) is 0 Å². The van der Waals surface area contributed by atoms with E-state index in [1.54, 1.807) is 13.3 Å². The molecule has 1 aromatic heterocycles. The van der Waals surface area contributed by atoms with E-state index in [0.29, 0.717) is 29.8 Å². The first-order chi connectivity index (χ1) is 15.3. The number of oxime groups is 1. The highest BCUT2D eigenvalue weighted by Gasteiger charge is 2.09. The molecule has 0 fully saturated rings. The van der Waals surface area contributed by atoms with Gasteiger partial charge in [-0.1, -0.05) is 71.0 Å². The van der Waals surface area contributed by atoms with Crippen molar-refractivity contribution >= 4 is 6.21 Å². The Morgan fingerprint density at radius 1 is 0.903 bits per heavy atom. The third-order valence-corrected chi connectivity index (χ3v) is 4.39. The second-order valence-corrected chi connectivity index (χ2v) is 6.57. The van der Waals surface area contributed by atoms with Crippen LogP contribution in [0.5, 0.6) is 11.5 Å². The molecular formula is C24H21N3O4. The molecule has 0 saturated heterocycles. The molecule has 7 nitrogen and oxygen atoms in total. The standard InChI is InChI=1S/C24H21N3O4/c1-28-22-14-19(12-13-21(22)29-16-18-8-4-2-5-9-18)15-25-30-17-23-26-24(27-31-23)20-10-6-3-7-11-20/h2-15H,16-17H2,1H3/b25-15-. The first-order valence-electron chi connectivity index (χ1n) is 9.70. The zero-order chi connectivity index (χ0) is 21.3. The Hall–Kier alpha value is -4.13. The van der Waals surface area contributed by atoms with Crippen LogP contribution < -0.4 is 9.47 Å². The van der Waals surface area contributed by atoms with Gasteiger partial charge < -0.3 is 18.8 Å². The number of hydrogen-bond donors (Lipinski definition) is 0. The molecule has 0 aliphatic rings. The molecule has 3 aromatic carbocycles. The molecule has 7 heteroatoms. The lowest BCUT2D eigenvalue weighted by Crippen LogP contribution is -1.98. The average Bonchev–Trinajstić information content (AvgIpc) is 3.31. The Balaban J connectivity index is 1.32. The van der Waals surface area contributed by atoms with Gasteiger partial charge in [0.15, 0.2) is 18.1 Å². The average molecular weight is 415 g/mol. The van der Waals surface area contributed by atoms with Crippen molar-refractivity contribution in [3.05, 3.63) is 95.9 Å². The molecule has 0 bridgehead atoms. The molecule has 0 atom stereocenters. The molecule has 0 amide bonds. The van der Waals surface area contributed by atoms with Gasteiger partial charge >= 0.3 is 0 Å². The number of rotatable bonds is 9. The molecule has 0 aliphatic heterocycles. The fourth-order valence-corrected chi connectivity index (χ4v) is 2.83. The quantitative estimate of drug-likeness (QED) is 0.286. The number of benzene rings is 3. The van der Waals surface area contributed by atoms with Crippen molar-refractivity contribution in [3.8, 4) is 22.9 Å². The van der Waals surface area contributed by atoms with Gasteiger partial charge in [-0.15, -0.1) is 0 Å². The molecule has 1 heterocycles. The smallest absolute Gasteiger partial charge is 0.267 e. The maximum atomic E-state index is 5.86. The third-order valence-electron chi connectivity index (χ3n) is 4.39. The van der Waals surface area contributed by atoms with Crippen LogP contribution in [0, 0.1) is 0 Å². The molecule has 4 rings (SSSR count). The monoisotopic (exact) mass is 415 g/mol. The van der Waals surface area contributed by atoms with Crippen molar-refractivity contribution < 1.29 is 18.8 Å². The minimum atomic E-state index is 0.0751. The fourth-order valence-electron chi connectivity index (χ4n) is 2.83. The largest absolute Gasteiger partial charge is 0.493 e. The maximum Gasteiger partial charge on any atom is 0.267 e. The van der Waals surface area contributed by atoms with Crippen LogP contribution in [0.2, 0.25) is 0 Å². The highest BCUT2D eigenvalue weighted by atomic mass is 16.6. The summed E-state index contributed by atoms with van der Waals surface area (Å²) in [6.07, 6.45) is 1.58. The fraction of sp³-hybridized carbons (Fsp3) is 0.125. The molecule has 0 N–H and O–H groups in total. The minimum Gasteiger partial charge on any atom is -0.493 e. The summed E-state index contributed by atoms with van der Waals surface area (Å²) in [7, 11) is 1.60. The van der Waals surface area contributed by atoms with Gasteiger partial charge in [-0.3, -0.25) is 0 Å². The van der Waals surface area contributed by atoms with Crippen LogP contribution in [0.15, 0.2) is 88.5 Å². The Labute approximate surface area is 179 Å². The van der Waals surface area contributed by atoms with Crippen LogP contribution in [0.25, 0.3) is 11.4 Å².